The Balaban J connectivity index is 1.69. The number of unbranched alkanes of at least 4 members (excludes halogenated alkanes) is 1. The molecular formula is C19H23N3O3. The summed E-state index contributed by atoms with van der Waals surface area (Å²) >= 11 is 0. The molecule has 0 aliphatic rings. The van der Waals surface area contributed by atoms with Crippen molar-refractivity contribution in [3.63, 3.8) is 0 Å². The number of rotatable bonds is 8. The molecule has 0 fully saturated rings. The molecule has 6 nitrogen and oxygen atoms in total. The number of nitrogens with zero attached hydrogens (tertiary/aromatic N) is 1. The first-order chi connectivity index (χ1) is 12.0. The first-order valence-electron chi connectivity index (χ1n) is 8.30. The van der Waals surface area contributed by atoms with Crippen LogP contribution in [0.2, 0.25) is 0 Å². The van der Waals surface area contributed by atoms with Crippen LogP contribution in [0.3, 0.4) is 0 Å². The number of nitro groups is 1. The lowest BCUT2D eigenvalue weighted by Gasteiger charge is -2.13. The summed E-state index contributed by atoms with van der Waals surface area (Å²) in [5.41, 5.74) is 9.04. The number of carbonyl (C=O) groups is 1. The Hall–Kier alpha value is -2.73. The molecule has 1 amide bonds. The van der Waals surface area contributed by atoms with E-state index in [-0.39, 0.29) is 11.6 Å². The van der Waals surface area contributed by atoms with Gasteiger partial charge in [0.1, 0.15) is 6.04 Å². The van der Waals surface area contributed by atoms with Crippen molar-refractivity contribution in [2.75, 3.05) is 6.54 Å². The Morgan fingerprint density at radius 1 is 1.12 bits per heavy atom. The van der Waals surface area contributed by atoms with Crippen molar-refractivity contribution in [2.24, 2.45) is 5.73 Å². The lowest BCUT2D eigenvalue weighted by molar-refractivity contribution is -0.384. The van der Waals surface area contributed by atoms with Crippen LogP contribution in [0, 0.1) is 17.0 Å². The first kappa shape index (κ1) is 18.6. The largest absolute Gasteiger partial charge is 0.354 e. The third-order valence-corrected chi connectivity index (χ3v) is 4.06. The fourth-order valence-electron chi connectivity index (χ4n) is 2.49. The monoisotopic (exact) mass is 341 g/mol. The van der Waals surface area contributed by atoms with Crippen molar-refractivity contribution in [3.05, 3.63) is 75.3 Å². The van der Waals surface area contributed by atoms with Crippen molar-refractivity contribution in [1.82, 2.24) is 5.32 Å². The average molecular weight is 341 g/mol. The van der Waals surface area contributed by atoms with Gasteiger partial charge < -0.3 is 11.1 Å². The van der Waals surface area contributed by atoms with Gasteiger partial charge in [-0.25, -0.2) is 0 Å². The minimum absolute atomic E-state index is 0.0982. The summed E-state index contributed by atoms with van der Waals surface area (Å²) < 4.78 is 0. The van der Waals surface area contributed by atoms with Gasteiger partial charge in [0.05, 0.1) is 4.92 Å². The maximum atomic E-state index is 12.1. The molecule has 0 aromatic heterocycles. The van der Waals surface area contributed by atoms with Gasteiger partial charge in [0.25, 0.3) is 5.69 Å². The number of nitro benzene ring substituents is 1. The molecule has 0 saturated heterocycles. The fraction of sp³-hybridized carbons (Fsp3) is 0.316. The fourth-order valence-corrected chi connectivity index (χ4v) is 2.49. The van der Waals surface area contributed by atoms with E-state index in [0.717, 1.165) is 36.0 Å². The summed E-state index contributed by atoms with van der Waals surface area (Å²) in [6, 6.07) is 13.5. The van der Waals surface area contributed by atoms with Crippen molar-refractivity contribution in [2.45, 2.75) is 32.2 Å². The zero-order valence-electron chi connectivity index (χ0n) is 14.3. The Morgan fingerprint density at radius 3 is 2.36 bits per heavy atom. The topological polar surface area (TPSA) is 98.3 Å². The van der Waals surface area contributed by atoms with E-state index in [1.807, 2.05) is 31.2 Å². The van der Waals surface area contributed by atoms with Crippen LogP contribution in [0.25, 0.3) is 0 Å². The summed E-state index contributed by atoms with van der Waals surface area (Å²) in [6.45, 7) is 2.55. The number of aryl methyl sites for hydroxylation is 2. The summed E-state index contributed by atoms with van der Waals surface area (Å²) in [5.74, 6) is -0.181. The van der Waals surface area contributed by atoms with Crippen LogP contribution in [-0.4, -0.2) is 17.4 Å². The van der Waals surface area contributed by atoms with Gasteiger partial charge >= 0.3 is 0 Å². The molecule has 1 atom stereocenters. The molecule has 1 unspecified atom stereocenters. The predicted octanol–water partition coefficient (Wildman–Crippen LogP) is 3.04. The highest BCUT2D eigenvalue weighted by molar-refractivity contribution is 5.82. The smallest absolute Gasteiger partial charge is 0.269 e. The maximum absolute atomic E-state index is 12.1. The molecule has 0 aliphatic carbocycles. The van der Waals surface area contributed by atoms with Crippen LogP contribution < -0.4 is 11.1 Å². The molecule has 132 valence electrons. The maximum Gasteiger partial charge on any atom is 0.269 e. The van der Waals surface area contributed by atoms with Crippen LogP contribution in [0.15, 0.2) is 48.5 Å². The Bertz CT molecular complexity index is 712. The average Bonchev–Trinajstić information content (AvgIpc) is 2.61. The van der Waals surface area contributed by atoms with Crippen LogP contribution >= 0.6 is 0 Å². The van der Waals surface area contributed by atoms with E-state index >= 15 is 0 Å². The first-order valence-corrected chi connectivity index (χ1v) is 8.30. The van der Waals surface area contributed by atoms with Crippen LogP contribution in [-0.2, 0) is 11.2 Å². The molecule has 2 aromatic carbocycles. The number of nitrogens with one attached hydrogen (secondary N) is 1. The zero-order chi connectivity index (χ0) is 18.2. The summed E-state index contributed by atoms with van der Waals surface area (Å²) in [5, 5.41) is 13.5. The van der Waals surface area contributed by atoms with Gasteiger partial charge in [-0.2, -0.15) is 0 Å². The molecule has 0 aliphatic heterocycles. The lowest BCUT2D eigenvalue weighted by Crippen LogP contribution is -2.34. The molecule has 3 N–H and O–H groups in total. The van der Waals surface area contributed by atoms with E-state index in [1.165, 1.54) is 12.1 Å². The minimum atomic E-state index is -0.657. The third kappa shape index (κ3) is 5.69. The molecule has 0 saturated carbocycles. The van der Waals surface area contributed by atoms with Gasteiger partial charge in [0, 0.05) is 18.7 Å². The zero-order valence-corrected chi connectivity index (χ0v) is 14.3. The van der Waals surface area contributed by atoms with E-state index in [4.69, 9.17) is 5.73 Å². The van der Waals surface area contributed by atoms with Gasteiger partial charge in [0.2, 0.25) is 5.91 Å². The number of benzene rings is 2. The van der Waals surface area contributed by atoms with Crippen molar-refractivity contribution in [1.29, 1.82) is 0 Å². The van der Waals surface area contributed by atoms with Crippen molar-refractivity contribution in [3.8, 4) is 0 Å². The number of hydrogen-bond acceptors (Lipinski definition) is 4. The van der Waals surface area contributed by atoms with Gasteiger partial charge in [-0.05, 0) is 37.3 Å². The van der Waals surface area contributed by atoms with Gasteiger partial charge in [-0.15, -0.1) is 0 Å². The van der Waals surface area contributed by atoms with Gasteiger partial charge in [-0.3, -0.25) is 14.9 Å². The molecular weight excluding hydrogens is 318 g/mol. The van der Waals surface area contributed by atoms with E-state index < -0.39 is 11.0 Å². The highest BCUT2D eigenvalue weighted by atomic mass is 16.6. The number of hydrogen-bond donors (Lipinski definition) is 2. The highest BCUT2D eigenvalue weighted by Gasteiger charge is 2.14. The molecule has 0 heterocycles. The summed E-state index contributed by atoms with van der Waals surface area (Å²) in [7, 11) is 0. The van der Waals surface area contributed by atoms with E-state index in [0.29, 0.717) is 6.54 Å². The molecule has 0 radical (unpaired) electrons. The van der Waals surface area contributed by atoms with Crippen molar-refractivity contribution < 1.29 is 9.72 Å². The highest BCUT2D eigenvalue weighted by Crippen LogP contribution is 2.14. The lowest BCUT2D eigenvalue weighted by atomic mass is 10.1. The molecule has 6 heteroatoms. The van der Waals surface area contributed by atoms with Crippen LogP contribution in [0.4, 0.5) is 5.69 Å². The van der Waals surface area contributed by atoms with Crippen molar-refractivity contribution >= 4 is 11.6 Å². The molecule has 2 aromatic rings. The number of non-ortho nitro benzene ring substituents is 1. The molecule has 0 spiro atoms. The summed E-state index contributed by atoms with van der Waals surface area (Å²) in [4.78, 5) is 22.3. The second-order valence-electron chi connectivity index (χ2n) is 6.06. The molecule has 0 bridgehead atoms. The second-order valence-corrected chi connectivity index (χ2v) is 6.06. The van der Waals surface area contributed by atoms with E-state index in [1.54, 1.807) is 12.1 Å². The number of nitrogens with two attached hydrogens (primary N) is 1. The molecule has 2 rings (SSSR count). The van der Waals surface area contributed by atoms with Crippen LogP contribution in [0.1, 0.15) is 35.6 Å². The third-order valence-electron chi connectivity index (χ3n) is 4.06. The number of amides is 1. The molecule has 25 heavy (non-hydrogen) atoms. The SMILES string of the molecule is Cc1ccc(C(N)C(=O)NCCCCc2ccc([N+](=O)[O-])cc2)cc1. The minimum Gasteiger partial charge on any atom is -0.354 e. The Morgan fingerprint density at radius 2 is 1.76 bits per heavy atom. The number of carbonyl (C=O) groups excluding carboxylic acids is 1. The second kappa shape index (κ2) is 8.94. The van der Waals surface area contributed by atoms with E-state index in [9.17, 15) is 14.9 Å². The van der Waals surface area contributed by atoms with E-state index in [2.05, 4.69) is 5.32 Å². The standard InChI is InChI=1S/C19H23N3O3/c1-14-5-9-16(10-6-14)18(20)19(23)21-13-3-2-4-15-7-11-17(12-8-15)22(24)25/h5-12,18H,2-4,13,20H2,1H3,(H,21,23). The van der Waals surface area contributed by atoms with Crippen LogP contribution in [0.5, 0.6) is 0 Å². The Labute approximate surface area is 147 Å². The predicted molar refractivity (Wildman–Crippen MR) is 97.2 cm³/mol. The normalized spacial score (nSPS) is 11.8. The Kier molecular flexibility index (Phi) is 6.65. The summed E-state index contributed by atoms with van der Waals surface area (Å²) in [6.07, 6.45) is 2.53. The quantitative estimate of drug-likeness (QED) is 0.438. The van der Waals surface area contributed by atoms with Gasteiger partial charge in [-0.1, -0.05) is 42.0 Å². The van der Waals surface area contributed by atoms with Gasteiger partial charge in [0.15, 0.2) is 0 Å².